The lowest BCUT2D eigenvalue weighted by atomic mass is 9.98. The van der Waals surface area contributed by atoms with Gasteiger partial charge in [-0.2, -0.15) is 0 Å². The van der Waals surface area contributed by atoms with Gasteiger partial charge in [0.2, 0.25) is 0 Å². The quantitative estimate of drug-likeness (QED) is 0.723. The van der Waals surface area contributed by atoms with Gasteiger partial charge in [-0.25, -0.2) is 0 Å². The third kappa shape index (κ3) is 2.63. The summed E-state index contributed by atoms with van der Waals surface area (Å²) >= 11 is 12.2. The van der Waals surface area contributed by atoms with Crippen LogP contribution in [0.15, 0.2) is 18.2 Å². The van der Waals surface area contributed by atoms with Crippen LogP contribution in [0, 0.1) is 11.8 Å². The smallest absolute Gasteiger partial charge is 0.298 e. The number of carbonyl (C=O) groups is 1. The van der Waals surface area contributed by atoms with Gasteiger partial charge in [0.1, 0.15) is 0 Å². The molecular weight excluding hydrogens is 269 g/mol. The fourth-order valence-electron chi connectivity index (χ4n) is 2.22. The fraction of sp³-hybridized carbons (Fsp3) is 0.357. The fourth-order valence-corrected chi connectivity index (χ4v) is 2.68. The number of hydrogen-bond donors (Lipinski definition) is 0. The summed E-state index contributed by atoms with van der Waals surface area (Å²) in [4.78, 5) is 13.4. The van der Waals surface area contributed by atoms with Gasteiger partial charge in [-0.3, -0.25) is 4.79 Å². The van der Waals surface area contributed by atoms with E-state index in [0.29, 0.717) is 16.6 Å². The standard InChI is InChI=1S/C14H13Cl2NO/c1-2-4-13(18)17-8-7-10(9-17)11-5-3-6-12(15)14(11)16/h3,5-6,10H,7-9H2,1H3. The Hall–Kier alpha value is -1.17. The number of nitrogens with zero attached hydrogens (tertiary/aromatic N) is 1. The molecule has 1 aliphatic heterocycles. The maximum absolute atomic E-state index is 11.7. The van der Waals surface area contributed by atoms with Gasteiger partial charge in [-0.1, -0.05) is 41.3 Å². The predicted octanol–water partition coefficient (Wildman–Crippen LogP) is 3.33. The Morgan fingerprint density at radius 2 is 2.22 bits per heavy atom. The minimum Gasteiger partial charge on any atom is -0.331 e. The van der Waals surface area contributed by atoms with Crippen molar-refractivity contribution >= 4 is 29.1 Å². The van der Waals surface area contributed by atoms with Crippen molar-refractivity contribution in [1.29, 1.82) is 0 Å². The highest BCUT2D eigenvalue weighted by atomic mass is 35.5. The summed E-state index contributed by atoms with van der Waals surface area (Å²) in [6, 6.07) is 5.63. The van der Waals surface area contributed by atoms with Gasteiger partial charge in [0.05, 0.1) is 10.0 Å². The highest BCUT2D eigenvalue weighted by Crippen LogP contribution is 2.35. The number of halogens is 2. The number of amides is 1. The second kappa shape index (κ2) is 5.65. The topological polar surface area (TPSA) is 20.3 Å². The van der Waals surface area contributed by atoms with E-state index in [-0.39, 0.29) is 11.8 Å². The molecule has 1 aromatic carbocycles. The van der Waals surface area contributed by atoms with E-state index in [2.05, 4.69) is 11.8 Å². The molecular formula is C14H13Cl2NO. The number of carbonyl (C=O) groups excluding carboxylic acids is 1. The molecule has 0 bridgehead atoms. The van der Waals surface area contributed by atoms with Crippen LogP contribution in [0.2, 0.25) is 10.0 Å². The largest absolute Gasteiger partial charge is 0.331 e. The SMILES string of the molecule is CC#CC(=O)N1CCC(c2cccc(Cl)c2Cl)C1. The van der Waals surface area contributed by atoms with Crippen LogP contribution in [-0.2, 0) is 4.79 Å². The van der Waals surface area contributed by atoms with Gasteiger partial charge in [0.25, 0.3) is 5.91 Å². The van der Waals surface area contributed by atoms with Crippen LogP contribution in [0.1, 0.15) is 24.8 Å². The maximum atomic E-state index is 11.7. The van der Waals surface area contributed by atoms with Crippen molar-refractivity contribution in [2.75, 3.05) is 13.1 Å². The summed E-state index contributed by atoms with van der Waals surface area (Å²) in [5, 5.41) is 1.16. The normalized spacial score (nSPS) is 18.4. The van der Waals surface area contributed by atoms with E-state index in [1.54, 1.807) is 17.9 Å². The lowest BCUT2D eigenvalue weighted by Crippen LogP contribution is -2.26. The Balaban J connectivity index is 2.15. The molecule has 1 aromatic rings. The van der Waals surface area contributed by atoms with Crippen LogP contribution in [0.25, 0.3) is 0 Å². The Morgan fingerprint density at radius 1 is 1.44 bits per heavy atom. The van der Waals surface area contributed by atoms with Gasteiger partial charge in [0, 0.05) is 19.0 Å². The predicted molar refractivity (Wildman–Crippen MR) is 73.9 cm³/mol. The number of benzene rings is 1. The molecule has 0 N–H and O–H groups in total. The molecule has 1 heterocycles. The summed E-state index contributed by atoms with van der Waals surface area (Å²) in [5.74, 6) is 5.33. The molecule has 2 rings (SSSR count). The van der Waals surface area contributed by atoms with E-state index in [4.69, 9.17) is 23.2 Å². The first-order chi connectivity index (χ1) is 8.63. The van der Waals surface area contributed by atoms with Crippen molar-refractivity contribution in [2.45, 2.75) is 19.3 Å². The summed E-state index contributed by atoms with van der Waals surface area (Å²) < 4.78 is 0. The van der Waals surface area contributed by atoms with Gasteiger partial charge >= 0.3 is 0 Å². The molecule has 1 aliphatic rings. The van der Waals surface area contributed by atoms with E-state index in [1.807, 2.05) is 12.1 Å². The zero-order valence-electron chi connectivity index (χ0n) is 10.0. The minimum absolute atomic E-state index is 0.113. The van der Waals surface area contributed by atoms with Gasteiger partial charge in [-0.15, -0.1) is 0 Å². The Labute approximate surface area is 117 Å². The highest BCUT2D eigenvalue weighted by Gasteiger charge is 2.28. The number of rotatable bonds is 1. The van der Waals surface area contributed by atoms with Gasteiger partial charge in [-0.05, 0) is 30.9 Å². The molecule has 4 heteroatoms. The van der Waals surface area contributed by atoms with Crippen molar-refractivity contribution in [2.24, 2.45) is 0 Å². The first kappa shape index (κ1) is 13.3. The average molecular weight is 282 g/mol. The zero-order valence-corrected chi connectivity index (χ0v) is 11.6. The van der Waals surface area contributed by atoms with Crippen LogP contribution in [0.4, 0.5) is 0 Å². The van der Waals surface area contributed by atoms with E-state index < -0.39 is 0 Å². The Bertz CT molecular complexity index is 530. The monoisotopic (exact) mass is 281 g/mol. The van der Waals surface area contributed by atoms with Gasteiger partial charge < -0.3 is 4.90 Å². The van der Waals surface area contributed by atoms with Crippen LogP contribution >= 0.6 is 23.2 Å². The van der Waals surface area contributed by atoms with Crippen molar-refractivity contribution in [3.05, 3.63) is 33.8 Å². The summed E-state index contributed by atoms with van der Waals surface area (Å²) in [6.45, 7) is 3.05. The third-order valence-electron chi connectivity index (χ3n) is 3.13. The molecule has 94 valence electrons. The highest BCUT2D eigenvalue weighted by molar-refractivity contribution is 6.42. The van der Waals surface area contributed by atoms with Crippen molar-refractivity contribution in [3.8, 4) is 11.8 Å². The number of likely N-dealkylation sites (tertiary alicyclic amines) is 1. The second-order valence-electron chi connectivity index (χ2n) is 4.25. The molecule has 0 radical (unpaired) electrons. The summed E-state index contributed by atoms with van der Waals surface area (Å²) in [5.41, 5.74) is 1.02. The Kier molecular flexibility index (Phi) is 4.16. The van der Waals surface area contributed by atoms with Crippen LogP contribution in [0.5, 0.6) is 0 Å². The molecule has 1 fully saturated rings. The first-order valence-electron chi connectivity index (χ1n) is 5.79. The lowest BCUT2D eigenvalue weighted by Gasteiger charge is -2.15. The van der Waals surface area contributed by atoms with E-state index in [9.17, 15) is 4.79 Å². The van der Waals surface area contributed by atoms with Gasteiger partial charge in [0.15, 0.2) is 0 Å². The molecule has 1 unspecified atom stereocenters. The molecule has 18 heavy (non-hydrogen) atoms. The van der Waals surface area contributed by atoms with Crippen molar-refractivity contribution in [1.82, 2.24) is 4.90 Å². The average Bonchev–Trinajstić information content (AvgIpc) is 2.82. The van der Waals surface area contributed by atoms with E-state index in [0.717, 1.165) is 18.5 Å². The molecule has 1 atom stereocenters. The summed E-state index contributed by atoms with van der Waals surface area (Å²) in [6.07, 6.45) is 0.900. The van der Waals surface area contributed by atoms with Crippen LogP contribution < -0.4 is 0 Å². The second-order valence-corrected chi connectivity index (χ2v) is 5.04. The first-order valence-corrected chi connectivity index (χ1v) is 6.54. The third-order valence-corrected chi connectivity index (χ3v) is 3.96. The molecule has 0 saturated carbocycles. The lowest BCUT2D eigenvalue weighted by molar-refractivity contribution is -0.124. The van der Waals surface area contributed by atoms with E-state index >= 15 is 0 Å². The molecule has 2 nitrogen and oxygen atoms in total. The van der Waals surface area contributed by atoms with Crippen molar-refractivity contribution < 1.29 is 4.79 Å². The number of hydrogen-bond acceptors (Lipinski definition) is 1. The molecule has 0 aromatic heterocycles. The summed E-state index contributed by atoms with van der Waals surface area (Å²) in [7, 11) is 0. The minimum atomic E-state index is -0.113. The molecule has 0 aliphatic carbocycles. The molecule has 1 amide bonds. The molecule has 0 spiro atoms. The molecule has 1 saturated heterocycles. The van der Waals surface area contributed by atoms with Crippen LogP contribution in [0.3, 0.4) is 0 Å². The zero-order chi connectivity index (χ0) is 13.1. The van der Waals surface area contributed by atoms with Crippen molar-refractivity contribution in [3.63, 3.8) is 0 Å². The maximum Gasteiger partial charge on any atom is 0.298 e. The Morgan fingerprint density at radius 3 is 2.94 bits per heavy atom. The van der Waals surface area contributed by atoms with E-state index in [1.165, 1.54) is 0 Å². The van der Waals surface area contributed by atoms with Crippen LogP contribution in [-0.4, -0.2) is 23.9 Å².